The van der Waals surface area contributed by atoms with Crippen LogP contribution in [0.25, 0.3) is 0 Å². The number of ether oxygens (including phenoxy) is 1. The molecule has 1 aliphatic rings. The van der Waals surface area contributed by atoms with Crippen molar-refractivity contribution in [3.05, 3.63) is 29.8 Å². The Balaban J connectivity index is 2.05. The van der Waals surface area contributed by atoms with Crippen molar-refractivity contribution in [1.29, 1.82) is 0 Å². The molecule has 0 aliphatic carbocycles. The van der Waals surface area contributed by atoms with Crippen LogP contribution in [0.2, 0.25) is 0 Å². The minimum atomic E-state index is 0.364. The van der Waals surface area contributed by atoms with E-state index in [4.69, 9.17) is 4.74 Å². The highest BCUT2D eigenvalue weighted by Gasteiger charge is 2.16. The molecule has 0 saturated carbocycles. The van der Waals surface area contributed by atoms with Crippen LogP contribution >= 0.6 is 0 Å². The molecule has 0 amide bonds. The van der Waals surface area contributed by atoms with Gasteiger partial charge in [0.1, 0.15) is 11.9 Å². The summed E-state index contributed by atoms with van der Waals surface area (Å²) >= 11 is 0. The van der Waals surface area contributed by atoms with Crippen LogP contribution in [0.3, 0.4) is 0 Å². The van der Waals surface area contributed by atoms with Gasteiger partial charge in [0.25, 0.3) is 0 Å². The molecule has 1 saturated heterocycles. The molecular formula is C13H19NO. The first kappa shape index (κ1) is 10.5. The summed E-state index contributed by atoms with van der Waals surface area (Å²) in [4.78, 5) is 0. The largest absolute Gasteiger partial charge is 0.489 e. The van der Waals surface area contributed by atoms with Crippen LogP contribution in [0.4, 0.5) is 0 Å². The van der Waals surface area contributed by atoms with Crippen molar-refractivity contribution in [3.63, 3.8) is 0 Å². The van der Waals surface area contributed by atoms with Gasteiger partial charge >= 0.3 is 0 Å². The molecule has 0 bridgehead atoms. The SMILES string of the molecule is CCCc1ccccc1O[C@@H]1CCNC1. The molecule has 0 radical (unpaired) electrons. The third kappa shape index (κ3) is 2.72. The second kappa shape index (κ2) is 5.17. The Kier molecular flexibility index (Phi) is 3.62. The minimum absolute atomic E-state index is 0.364. The van der Waals surface area contributed by atoms with E-state index in [1.165, 1.54) is 12.0 Å². The van der Waals surface area contributed by atoms with E-state index in [1.807, 2.05) is 0 Å². The zero-order valence-corrected chi connectivity index (χ0v) is 9.33. The van der Waals surface area contributed by atoms with Crippen molar-refractivity contribution in [2.24, 2.45) is 0 Å². The summed E-state index contributed by atoms with van der Waals surface area (Å²) in [6.07, 6.45) is 3.77. The number of hydrogen-bond donors (Lipinski definition) is 1. The normalized spacial score (nSPS) is 20.5. The summed E-state index contributed by atoms with van der Waals surface area (Å²) in [6, 6.07) is 8.39. The zero-order valence-electron chi connectivity index (χ0n) is 9.33. The molecule has 15 heavy (non-hydrogen) atoms. The van der Waals surface area contributed by atoms with Gasteiger partial charge in [-0.2, -0.15) is 0 Å². The molecular weight excluding hydrogens is 186 g/mol. The molecule has 2 rings (SSSR count). The van der Waals surface area contributed by atoms with Gasteiger partial charge < -0.3 is 10.1 Å². The zero-order chi connectivity index (χ0) is 10.5. The summed E-state index contributed by atoms with van der Waals surface area (Å²) in [7, 11) is 0. The van der Waals surface area contributed by atoms with Crippen LogP contribution in [0.15, 0.2) is 24.3 Å². The first-order chi connectivity index (χ1) is 7.40. The summed E-state index contributed by atoms with van der Waals surface area (Å²) < 4.78 is 6.00. The van der Waals surface area contributed by atoms with E-state index in [0.717, 1.165) is 31.7 Å². The van der Waals surface area contributed by atoms with Gasteiger partial charge in [-0.25, -0.2) is 0 Å². The van der Waals surface area contributed by atoms with E-state index < -0.39 is 0 Å². The molecule has 1 heterocycles. The van der Waals surface area contributed by atoms with E-state index >= 15 is 0 Å². The van der Waals surface area contributed by atoms with Gasteiger partial charge in [0.15, 0.2) is 0 Å². The van der Waals surface area contributed by atoms with Crippen molar-refractivity contribution in [3.8, 4) is 5.75 Å². The standard InChI is InChI=1S/C13H19NO/c1-2-5-11-6-3-4-7-13(11)15-12-8-9-14-10-12/h3-4,6-7,12,14H,2,5,8-10H2,1H3/t12-/m1/s1. The number of benzene rings is 1. The number of para-hydroxylation sites is 1. The summed E-state index contributed by atoms with van der Waals surface area (Å²) in [5.74, 6) is 1.08. The highest BCUT2D eigenvalue weighted by Crippen LogP contribution is 2.22. The Hall–Kier alpha value is -1.02. The van der Waals surface area contributed by atoms with Crippen LogP contribution < -0.4 is 10.1 Å². The number of aryl methyl sites for hydroxylation is 1. The Morgan fingerprint density at radius 2 is 2.27 bits per heavy atom. The van der Waals surface area contributed by atoms with Gasteiger partial charge in [-0.3, -0.25) is 0 Å². The lowest BCUT2D eigenvalue weighted by atomic mass is 10.1. The molecule has 82 valence electrons. The maximum Gasteiger partial charge on any atom is 0.122 e. The van der Waals surface area contributed by atoms with E-state index in [1.54, 1.807) is 0 Å². The third-order valence-electron chi connectivity index (χ3n) is 2.80. The smallest absolute Gasteiger partial charge is 0.122 e. The van der Waals surface area contributed by atoms with Gasteiger partial charge in [-0.05, 0) is 31.0 Å². The molecule has 0 aromatic heterocycles. The number of nitrogens with one attached hydrogen (secondary N) is 1. The fourth-order valence-electron chi connectivity index (χ4n) is 2.00. The second-order valence-corrected chi connectivity index (χ2v) is 4.09. The van der Waals surface area contributed by atoms with Crippen LogP contribution in [0.1, 0.15) is 25.3 Å². The monoisotopic (exact) mass is 205 g/mol. The second-order valence-electron chi connectivity index (χ2n) is 4.09. The van der Waals surface area contributed by atoms with Crippen LogP contribution in [0, 0.1) is 0 Å². The molecule has 2 nitrogen and oxygen atoms in total. The maximum atomic E-state index is 6.00. The predicted molar refractivity (Wildman–Crippen MR) is 62.3 cm³/mol. The van der Waals surface area contributed by atoms with Crippen molar-refractivity contribution >= 4 is 0 Å². The molecule has 0 spiro atoms. The topological polar surface area (TPSA) is 21.3 Å². The Morgan fingerprint density at radius 1 is 1.40 bits per heavy atom. The van der Waals surface area contributed by atoms with E-state index in [0.29, 0.717) is 6.10 Å². The molecule has 1 fully saturated rings. The lowest BCUT2D eigenvalue weighted by Gasteiger charge is -2.15. The van der Waals surface area contributed by atoms with E-state index in [-0.39, 0.29) is 0 Å². The first-order valence-corrected chi connectivity index (χ1v) is 5.85. The summed E-state index contributed by atoms with van der Waals surface area (Å²) in [5, 5.41) is 3.32. The van der Waals surface area contributed by atoms with Crippen LogP contribution in [-0.2, 0) is 6.42 Å². The van der Waals surface area contributed by atoms with Gasteiger partial charge in [0.05, 0.1) is 0 Å². The number of rotatable bonds is 4. The third-order valence-corrected chi connectivity index (χ3v) is 2.80. The molecule has 0 unspecified atom stereocenters. The highest BCUT2D eigenvalue weighted by molar-refractivity contribution is 5.33. The minimum Gasteiger partial charge on any atom is -0.489 e. The lowest BCUT2D eigenvalue weighted by molar-refractivity contribution is 0.221. The summed E-state index contributed by atoms with van der Waals surface area (Å²) in [6.45, 7) is 4.27. The average molecular weight is 205 g/mol. The molecule has 1 N–H and O–H groups in total. The van der Waals surface area contributed by atoms with Crippen molar-refractivity contribution in [2.45, 2.75) is 32.3 Å². The molecule has 1 aromatic rings. The summed E-state index contributed by atoms with van der Waals surface area (Å²) in [5.41, 5.74) is 1.34. The maximum absolute atomic E-state index is 6.00. The quantitative estimate of drug-likeness (QED) is 0.815. The van der Waals surface area contributed by atoms with Crippen molar-refractivity contribution in [1.82, 2.24) is 5.32 Å². The highest BCUT2D eigenvalue weighted by atomic mass is 16.5. The Labute approximate surface area is 91.6 Å². The van der Waals surface area contributed by atoms with Gasteiger partial charge in [-0.1, -0.05) is 31.5 Å². The molecule has 1 atom stereocenters. The predicted octanol–water partition coefficient (Wildman–Crippen LogP) is 2.38. The Morgan fingerprint density at radius 3 is 3.00 bits per heavy atom. The molecule has 1 aromatic carbocycles. The lowest BCUT2D eigenvalue weighted by Crippen LogP contribution is -2.20. The number of hydrogen-bond acceptors (Lipinski definition) is 2. The van der Waals surface area contributed by atoms with E-state index in [2.05, 4.69) is 36.5 Å². The van der Waals surface area contributed by atoms with Crippen LogP contribution in [0.5, 0.6) is 5.75 Å². The van der Waals surface area contributed by atoms with Gasteiger partial charge in [0.2, 0.25) is 0 Å². The Bertz CT molecular complexity index is 305. The van der Waals surface area contributed by atoms with Crippen molar-refractivity contribution < 1.29 is 4.74 Å². The molecule has 2 heteroatoms. The van der Waals surface area contributed by atoms with E-state index in [9.17, 15) is 0 Å². The van der Waals surface area contributed by atoms with Crippen LogP contribution in [-0.4, -0.2) is 19.2 Å². The first-order valence-electron chi connectivity index (χ1n) is 5.85. The van der Waals surface area contributed by atoms with Gasteiger partial charge in [-0.15, -0.1) is 0 Å². The van der Waals surface area contributed by atoms with Crippen molar-refractivity contribution in [2.75, 3.05) is 13.1 Å². The fraction of sp³-hybridized carbons (Fsp3) is 0.538. The average Bonchev–Trinajstić information content (AvgIpc) is 2.74. The fourth-order valence-corrected chi connectivity index (χ4v) is 2.00. The molecule has 1 aliphatic heterocycles. The van der Waals surface area contributed by atoms with Gasteiger partial charge in [0, 0.05) is 6.54 Å².